The molecule has 25 heavy (non-hydrogen) atoms. The highest BCUT2D eigenvalue weighted by atomic mass is 32.2. The maximum absolute atomic E-state index is 12.8. The molecule has 2 heterocycles. The van der Waals surface area contributed by atoms with E-state index in [1.165, 1.54) is 11.8 Å². The van der Waals surface area contributed by atoms with Gasteiger partial charge in [0.2, 0.25) is 5.78 Å². The first kappa shape index (κ1) is 18.1. The van der Waals surface area contributed by atoms with Crippen molar-refractivity contribution >= 4 is 30.7 Å². The molecule has 0 spiro atoms. The second-order valence-electron chi connectivity index (χ2n) is 7.37. The van der Waals surface area contributed by atoms with Crippen LogP contribution in [0.5, 0.6) is 0 Å². The maximum atomic E-state index is 12.8. The molecule has 0 saturated heterocycles. The van der Waals surface area contributed by atoms with Crippen molar-refractivity contribution in [3.05, 3.63) is 47.3 Å². The number of fused-ring (bicyclic) bond motifs is 1. The molecule has 2 aromatic rings. The number of carbonyl (C=O) groups excluding carboxylic acids is 2. The van der Waals surface area contributed by atoms with Gasteiger partial charge < -0.3 is 4.74 Å². The predicted octanol–water partition coefficient (Wildman–Crippen LogP) is 3.60. The second-order valence-corrected chi connectivity index (χ2v) is 14.1. The third-order valence-electron chi connectivity index (χ3n) is 4.05. The maximum Gasteiger partial charge on any atom is 0.211 e. The summed E-state index contributed by atoms with van der Waals surface area (Å²) in [4.78, 5) is 25.2. The number of ether oxygens (including phenoxy) is 1. The lowest BCUT2D eigenvalue weighted by Gasteiger charge is -2.15. The third kappa shape index (κ3) is 4.48. The van der Waals surface area contributed by atoms with Gasteiger partial charge in [-0.15, -0.1) is 0 Å². The van der Waals surface area contributed by atoms with E-state index in [1.54, 1.807) is 29.1 Å². The van der Waals surface area contributed by atoms with E-state index in [-0.39, 0.29) is 17.6 Å². The average Bonchev–Trinajstić information content (AvgIpc) is 3.14. The highest BCUT2D eigenvalue weighted by molar-refractivity contribution is 8.14. The fourth-order valence-corrected chi connectivity index (χ4v) is 4.24. The number of ketones is 1. The van der Waals surface area contributed by atoms with Crippen LogP contribution in [0.2, 0.25) is 25.7 Å². The van der Waals surface area contributed by atoms with Crippen LogP contribution in [0.1, 0.15) is 21.6 Å². The van der Waals surface area contributed by atoms with Crippen LogP contribution in [0.15, 0.2) is 35.4 Å². The van der Waals surface area contributed by atoms with Crippen molar-refractivity contribution in [2.45, 2.75) is 43.7 Å². The van der Waals surface area contributed by atoms with Gasteiger partial charge in [0.25, 0.3) is 0 Å². The molecule has 0 N–H and O–H groups in total. The molecule has 0 atom stereocenters. The Bertz CT molecular complexity index is 811. The molecule has 1 aliphatic rings. The molecule has 0 aliphatic carbocycles. The highest BCUT2D eigenvalue weighted by Gasteiger charge is 2.22. The van der Waals surface area contributed by atoms with E-state index < -0.39 is 8.07 Å². The van der Waals surface area contributed by atoms with Gasteiger partial charge in [-0.05, 0) is 23.7 Å². The Morgan fingerprint density at radius 3 is 2.88 bits per heavy atom. The van der Waals surface area contributed by atoms with E-state index in [4.69, 9.17) is 4.74 Å². The van der Waals surface area contributed by atoms with Gasteiger partial charge in [0.1, 0.15) is 12.4 Å². The molecular weight excluding hydrogens is 352 g/mol. The Kier molecular flexibility index (Phi) is 5.26. The fraction of sp³-hybridized carbons (Fsp3) is 0.389. The molecule has 0 bridgehead atoms. The summed E-state index contributed by atoms with van der Waals surface area (Å²) >= 11 is 1.21. The van der Waals surface area contributed by atoms with Crippen LogP contribution in [0.4, 0.5) is 0 Å². The third-order valence-corrected chi connectivity index (χ3v) is 6.72. The molecule has 3 rings (SSSR count). The molecule has 0 unspecified atom stereocenters. The van der Waals surface area contributed by atoms with Crippen LogP contribution in [0.3, 0.4) is 0 Å². The van der Waals surface area contributed by atoms with E-state index in [1.807, 2.05) is 6.07 Å². The molecular formula is C18H22N2O3SSi. The predicted molar refractivity (Wildman–Crippen MR) is 101 cm³/mol. The van der Waals surface area contributed by atoms with Crippen molar-refractivity contribution in [1.82, 2.24) is 9.78 Å². The lowest BCUT2D eigenvalue weighted by atomic mass is 10.0. The number of carbonyl (C=O) groups is 2. The highest BCUT2D eigenvalue weighted by Crippen LogP contribution is 2.33. The number of rotatable bonds is 7. The molecule has 5 nitrogen and oxygen atoms in total. The van der Waals surface area contributed by atoms with Gasteiger partial charge in [0.15, 0.2) is 5.12 Å². The van der Waals surface area contributed by atoms with Gasteiger partial charge in [0.05, 0.1) is 0 Å². The van der Waals surface area contributed by atoms with Gasteiger partial charge in [-0.25, -0.2) is 4.68 Å². The Hall–Kier alpha value is -1.70. The summed E-state index contributed by atoms with van der Waals surface area (Å²) in [7, 11) is -1.13. The Morgan fingerprint density at radius 2 is 2.12 bits per heavy atom. The summed E-state index contributed by atoms with van der Waals surface area (Å²) in [6.07, 6.45) is 2.05. The quantitative estimate of drug-likeness (QED) is 0.421. The largest absolute Gasteiger partial charge is 0.360 e. The monoisotopic (exact) mass is 374 g/mol. The van der Waals surface area contributed by atoms with Crippen molar-refractivity contribution in [3.63, 3.8) is 0 Å². The van der Waals surface area contributed by atoms with Crippen molar-refractivity contribution in [3.8, 4) is 0 Å². The van der Waals surface area contributed by atoms with Gasteiger partial charge in [-0.2, -0.15) is 5.10 Å². The zero-order chi connectivity index (χ0) is 18.0. The fourth-order valence-electron chi connectivity index (χ4n) is 2.56. The molecule has 1 aromatic carbocycles. The smallest absolute Gasteiger partial charge is 0.211 e. The summed E-state index contributed by atoms with van der Waals surface area (Å²) in [6, 6.07) is 8.23. The molecule has 0 amide bonds. The normalized spacial score (nSPS) is 14.0. The Morgan fingerprint density at radius 1 is 1.32 bits per heavy atom. The van der Waals surface area contributed by atoms with Crippen molar-refractivity contribution < 1.29 is 14.3 Å². The first-order valence-electron chi connectivity index (χ1n) is 8.31. The number of thioether (sulfide) groups is 1. The average molecular weight is 375 g/mol. The van der Waals surface area contributed by atoms with E-state index in [9.17, 15) is 9.59 Å². The number of nitrogens with zero attached hydrogens (tertiary/aromatic N) is 2. The molecule has 0 radical (unpaired) electrons. The van der Waals surface area contributed by atoms with E-state index in [0.717, 1.165) is 16.5 Å². The lowest BCUT2D eigenvalue weighted by Crippen LogP contribution is -2.22. The molecule has 1 aromatic heterocycles. The summed E-state index contributed by atoms with van der Waals surface area (Å²) in [5.41, 5.74) is 2.07. The standard InChI is InChI=1S/C18H22N2O3SSi/c1-25(2,3)9-8-23-12-20-15(6-7-19-20)18(22)14-5-4-13-11-17(21)24-16(13)10-14/h4-7,10H,8-9,11-12H2,1-3H3. The summed E-state index contributed by atoms with van der Waals surface area (Å²) < 4.78 is 7.30. The van der Waals surface area contributed by atoms with Crippen LogP contribution >= 0.6 is 11.8 Å². The first-order chi connectivity index (χ1) is 11.8. The van der Waals surface area contributed by atoms with E-state index in [0.29, 0.717) is 24.3 Å². The van der Waals surface area contributed by atoms with Gasteiger partial charge >= 0.3 is 0 Å². The molecule has 132 valence electrons. The number of hydrogen-bond acceptors (Lipinski definition) is 5. The summed E-state index contributed by atoms with van der Waals surface area (Å²) in [5.74, 6) is -0.103. The van der Waals surface area contributed by atoms with Crippen LogP contribution in [0.25, 0.3) is 0 Å². The zero-order valence-electron chi connectivity index (χ0n) is 14.7. The Labute approximate surface area is 152 Å². The van der Waals surface area contributed by atoms with Crippen molar-refractivity contribution in [2.24, 2.45) is 0 Å². The molecule has 0 fully saturated rings. The SMILES string of the molecule is C[Si](C)(C)CCOCn1nccc1C(=O)c1ccc2c(c1)SC(=O)C2. The summed E-state index contributed by atoms with van der Waals surface area (Å²) in [5, 5.41) is 4.33. The Balaban J connectivity index is 1.69. The second kappa shape index (κ2) is 7.27. The van der Waals surface area contributed by atoms with Crippen LogP contribution in [0, 0.1) is 0 Å². The molecule has 7 heteroatoms. The van der Waals surface area contributed by atoms with E-state index in [2.05, 4.69) is 24.7 Å². The van der Waals surface area contributed by atoms with Crippen LogP contribution < -0.4 is 0 Å². The summed E-state index contributed by atoms with van der Waals surface area (Å²) in [6.45, 7) is 7.86. The van der Waals surface area contributed by atoms with Crippen molar-refractivity contribution in [1.29, 1.82) is 0 Å². The molecule has 1 aliphatic heterocycles. The first-order valence-corrected chi connectivity index (χ1v) is 12.8. The minimum atomic E-state index is -1.13. The van der Waals surface area contributed by atoms with Gasteiger partial charge in [-0.1, -0.05) is 43.5 Å². The van der Waals surface area contributed by atoms with Gasteiger partial charge in [0, 0.05) is 37.8 Å². The lowest BCUT2D eigenvalue weighted by molar-refractivity contribution is -0.110. The van der Waals surface area contributed by atoms with Gasteiger partial charge in [-0.3, -0.25) is 9.59 Å². The number of hydrogen-bond donors (Lipinski definition) is 0. The topological polar surface area (TPSA) is 61.2 Å². The van der Waals surface area contributed by atoms with Crippen molar-refractivity contribution in [2.75, 3.05) is 6.61 Å². The van der Waals surface area contributed by atoms with Crippen LogP contribution in [-0.2, 0) is 22.7 Å². The molecule has 0 saturated carbocycles. The zero-order valence-corrected chi connectivity index (χ0v) is 16.6. The van der Waals surface area contributed by atoms with E-state index >= 15 is 0 Å². The number of aromatic nitrogens is 2. The minimum absolute atomic E-state index is 0.103. The number of benzene rings is 1. The minimum Gasteiger partial charge on any atom is -0.360 e. The van der Waals surface area contributed by atoms with Crippen LogP contribution in [-0.4, -0.2) is 35.4 Å².